The maximum Gasteiger partial charge on any atom is 0.305 e. The topological polar surface area (TPSA) is 161 Å². The lowest BCUT2D eigenvalue weighted by Crippen LogP contribution is -2.54. The molecule has 0 spiro atoms. The van der Waals surface area contributed by atoms with E-state index >= 15 is 0 Å². The van der Waals surface area contributed by atoms with E-state index in [4.69, 9.17) is 0 Å². The molecule has 2 aliphatic rings. The summed E-state index contributed by atoms with van der Waals surface area (Å²) < 4.78 is 79.9. The third-order valence-electron chi connectivity index (χ3n) is 5.15. The summed E-state index contributed by atoms with van der Waals surface area (Å²) in [7, 11) is -13.9. The molecule has 0 radical (unpaired) electrons. The van der Waals surface area contributed by atoms with Gasteiger partial charge < -0.3 is 0 Å². The Bertz CT molecular complexity index is 803. The second-order valence-corrected chi connectivity index (χ2v) is 10.4. The molecule has 2 aliphatic carbocycles. The first kappa shape index (κ1) is 18.7. The molecule has 3 unspecified atom stereocenters. The van der Waals surface area contributed by atoms with Crippen molar-refractivity contribution in [2.75, 3.05) is 0 Å². The third kappa shape index (κ3) is 2.72. The molecule has 0 saturated heterocycles. The first-order valence-electron chi connectivity index (χ1n) is 6.59. The molecule has 10 nitrogen and oxygen atoms in total. The van der Waals surface area contributed by atoms with E-state index in [2.05, 4.69) is 4.28 Å². The van der Waals surface area contributed by atoms with Crippen LogP contribution >= 0.6 is 0 Å². The molecule has 0 heterocycles. The summed E-state index contributed by atoms with van der Waals surface area (Å²) in [5, 5.41) is 0. The number of rotatable bonds is 6. The molecule has 3 atom stereocenters. The van der Waals surface area contributed by atoms with Crippen LogP contribution in [0, 0.1) is 16.7 Å². The Hall–Kier alpha value is -0.600. The number of carbonyl (C=O) groups is 1. The average molecular weight is 391 g/mol. The fraction of sp³-hybridized carbons (Fsp3) is 0.900. The van der Waals surface area contributed by atoms with Crippen molar-refractivity contribution in [3.63, 3.8) is 0 Å². The van der Waals surface area contributed by atoms with Crippen molar-refractivity contribution >= 4 is 36.9 Å². The maximum absolute atomic E-state index is 12.4. The normalized spacial score (nSPS) is 31.7. The molecule has 13 heteroatoms. The number of ketones is 1. The van der Waals surface area contributed by atoms with Crippen LogP contribution in [0.3, 0.4) is 0 Å². The Morgan fingerprint density at radius 3 is 2.22 bits per heavy atom. The Morgan fingerprint density at radius 1 is 1.30 bits per heavy atom. The van der Waals surface area contributed by atoms with Crippen molar-refractivity contribution in [3.8, 4) is 0 Å². The molecule has 2 N–H and O–H groups in total. The Labute approximate surface area is 135 Å². The van der Waals surface area contributed by atoms with Gasteiger partial charge in [-0.05, 0) is 24.2 Å². The van der Waals surface area contributed by atoms with E-state index in [-0.39, 0.29) is 18.8 Å². The Morgan fingerprint density at radius 2 is 1.87 bits per heavy atom. The minimum Gasteiger partial charge on any atom is -0.299 e. The van der Waals surface area contributed by atoms with Gasteiger partial charge in [0.1, 0.15) is 5.78 Å². The predicted molar refractivity (Wildman–Crippen MR) is 77.4 cm³/mol. The van der Waals surface area contributed by atoms with Gasteiger partial charge in [0.05, 0.1) is 5.41 Å². The highest BCUT2D eigenvalue weighted by Crippen LogP contribution is 2.67. The summed E-state index contributed by atoms with van der Waals surface area (Å²) in [6.45, 7) is 3.12. The molecular weight excluding hydrogens is 374 g/mol. The number of hydrogen-bond acceptors (Lipinski definition) is 8. The van der Waals surface area contributed by atoms with Crippen LogP contribution in [0.4, 0.5) is 0 Å². The summed E-state index contributed by atoms with van der Waals surface area (Å²) in [4.78, 5) is 13.5. The zero-order valence-electron chi connectivity index (χ0n) is 12.3. The third-order valence-corrected chi connectivity index (χ3v) is 9.14. The van der Waals surface area contributed by atoms with Crippen LogP contribution < -0.4 is 4.89 Å². The second-order valence-electron chi connectivity index (χ2n) is 6.33. The lowest BCUT2D eigenvalue weighted by molar-refractivity contribution is -0.128. The average Bonchev–Trinajstić information content (AvgIpc) is 2.69. The van der Waals surface area contributed by atoms with E-state index in [9.17, 15) is 34.6 Å². The van der Waals surface area contributed by atoms with Crippen molar-refractivity contribution < 1.29 is 38.9 Å². The molecule has 0 amide bonds. The van der Waals surface area contributed by atoms with Gasteiger partial charge in [-0.2, -0.15) is 21.1 Å². The van der Waals surface area contributed by atoms with Crippen molar-refractivity contribution in [2.45, 2.75) is 37.7 Å². The van der Waals surface area contributed by atoms with Crippen molar-refractivity contribution in [3.05, 3.63) is 0 Å². The lowest BCUT2D eigenvalue weighted by Gasteiger charge is -2.39. The zero-order chi connectivity index (χ0) is 17.8. The van der Waals surface area contributed by atoms with Crippen LogP contribution in [0.2, 0.25) is 0 Å². The van der Waals surface area contributed by atoms with E-state index in [0.717, 1.165) is 4.89 Å². The summed E-state index contributed by atoms with van der Waals surface area (Å²) in [6, 6.07) is 0. The Kier molecular flexibility index (Phi) is 4.44. The van der Waals surface area contributed by atoms with Crippen LogP contribution in [0.25, 0.3) is 0 Å². The van der Waals surface area contributed by atoms with Gasteiger partial charge in [-0.25, -0.2) is 8.42 Å². The van der Waals surface area contributed by atoms with Crippen molar-refractivity contribution in [1.29, 1.82) is 0 Å². The molecule has 2 bridgehead atoms. The lowest BCUT2D eigenvalue weighted by atomic mass is 9.70. The van der Waals surface area contributed by atoms with Gasteiger partial charge in [0.2, 0.25) is 15.5 Å². The van der Waals surface area contributed by atoms with E-state index in [1.165, 1.54) is 0 Å². The van der Waals surface area contributed by atoms with Crippen LogP contribution in [-0.4, -0.2) is 40.2 Å². The minimum absolute atomic E-state index is 0.00219. The van der Waals surface area contributed by atoms with Gasteiger partial charge >= 0.3 is 10.1 Å². The van der Waals surface area contributed by atoms with Gasteiger partial charge in [-0.15, -0.1) is 0 Å². The number of fused-ring (bicyclic) bond motifs is 2. The number of Topliss-reactive ketones (excluding diaryl/α,β-unsaturated/α-hetero) is 1. The van der Waals surface area contributed by atoms with Gasteiger partial charge in [0.25, 0.3) is 10.1 Å². The molecule has 2 saturated carbocycles. The predicted octanol–water partition coefficient (Wildman–Crippen LogP) is -1.03. The SMILES string of the molecule is CC1(C)C2CCC1(C(S(=O)(=O)O)S(=O)(=O)ON[SH](=O)=O)C(=O)C2. The maximum atomic E-state index is 12.4. The molecule has 0 aromatic heterocycles. The van der Waals surface area contributed by atoms with E-state index in [1.54, 1.807) is 13.8 Å². The largest absolute Gasteiger partial charge is 0.305 e. The van der Waals surface area contributed by atoms with Crippen molar-refractivity contribution in [1.82, 2.24) is 4.89 Å². The molecular formula is C10H17NO9S3. The summed E-state index contributed by atoms with van der Waals surface area (Å²) in [6.07, 6.45) is 0.362. The molecule has 23 heavy (non-hydrogen) atoms. The number of nitrogens with one attached hydrogen (secondary N) is 1. The second kappa shape index (κ2) is 5.46. The molecule has 0 aromatic rings. The summed E-state index contributed by atoms with van der Waals surface area (Å²) in [5.41, 5.74) is -2.90. The first-order chi connectivity index (χ1) is 10.3. The van der Waals surface area contributed by atoms with Crippen molar-refractivity contribution in [2.24, 2.45) is 16.7 Å². The van der Waals surface area contributed by atoms with Gasteiger partial charge in [0, 0.05) is 6.42 Å². The number of thiol groups is 1. The van der Waals surface area contributed by atoms with Crippen LogP contribution in [0.1, 0.15) is 33.1 Å². The van der Waals surface area contributed by atoms with Gasteiger partial charge in [-0.3, -0.25) is 9.35 Å². The quantitative estimate of drug-likeness (QED) is 0.292. The van der Waals surface area contributed by atoms with Gasteiger partial charge in [0.15, 0.2) is 0 Å². The highest BCUT2D eigenvalue weighted by Gasteiger charge is 2.73. The summed E-state index contributed by atoms with van der Waals surface area (Å²) >= 11 is 0. The minimum atomic E-state index is -5.27. The standard InChI is InChI=1S/C10H17NO9S3/c1-9(2)6-3-4-10(9,7(12)5-6)8(22(15,16)17)23(18,19)20-11-21(13)14/h6,8,21H,3-5H2,1-2H3,(H,11,13,14)(H,15,16,17). The molecule has 0 aromatic carbocycles. The highest BCUT2D eigenvalue weighted by molar-refractivity contribution is 8.04. The fourth-order valence-corrected chi connectivity index (χ4v) is 8.20. The van der Waals surface area contributed by atoms with E-state index in [0.29, 0.717) is 6.42 Å². The van der Waals surface area contributed by atoms with E-state index < -0.39 is 52.3 Å². The number of carbonyl (C=O) groups excluding carboxylic acids is 1. The number of hydrogen-bond donors (Lipinski definition) is 3. The van der Waals surface area contributed by atoms with Crippen LogP contribution in [-0.2, 0) is 40.2 Å². The zero-order valence-corrected chi connectivity index (χ0v) is 14.8. The Balaban J connectivity index is 2.64. The first-order valence-corrected chi connectivity index (χ1v) is 10.7. The monoisotopic (exact) mass is 391 g/mol. The smallest absolute Gasteiger partial charge is 0.299 e. The molecule has 0 aliphatic heterocycles. The fourth-order valence-electron chi connectivity index (χ4n) is 4.04. The van der Waals surface area contributed by atoms with Crippen LogP contribution in [0.15, 0.2) is 0 Å². The molecule has 2 fully saturated rings. The molecule has 134 valence electrons. The highest BCUT2D eigenvalue weighted by atomic mass is 32.3. The van der Waals surface area contributed by atoms with Gasteiger partial charge in [-0.1, -0.05) is 18.7 Å². The summed E-state index contributed by atoms with van der Waals surface area (Å²) in [5.74, 6) is -0.821. The molecule has 2 rings (SSSR count). The van der Waals surface area contributed by atoms with E-state index in [1.807, 2.05) is 0 Å². The van der Waals surface area contributed by atoms with Crippen LogP contribution in [0.5, 0.6) is 0 Å².